The molecule has 2 aromatic rings. The number of hydrogen-bond donors (Lipinski definition) is 2. The average molecular weight is 269 g/mol. The van der Waals surface area contributed by atoms with Crippen molar-refractivity contribution in [3.8, 4) is 0 Å². The fourth-order valence-electron chi connectivity index (χ4n) is 1.98. The summed E-state index contributed by atoms with van der Waals surface area (Å²) < 4.78 is 7.05. The summed E-state index contributed by atoms with van der Waals surface area (Å²) in [5.74, 6) is 0. The van der Waals surface area contributed by atoms with Crippen LogP contribution in [0.25, 0.3) is 4.96 Å². The molecule has 0 aliphatic carbocycles. The normalized spacial score (nSPS) is 13.3. The van der Waals surface area contributed by atoms with Gasteiger partial charge in [-0.2, -0.15) is 0 Å². The second-order valence-electron chi connectivity index (χ2n) is 4.38. The number of nitrogens with one attached hydrogen (secondary N) is 1. The number of aryl methyl sites for hydroxylation is 2. The molecule has 2 heterocycles. The molecule has 2 N–H and O–H groups in total. The van der Waals surface area contributed by atoms with Crippen LogP contribution in [-0.2, 0) is 11.3 Å². The molecule has 2 rings (SSSR count). The van der Waals surface area contributed by atoms with Crippen LogP contribution in [0.2, 0.25) is 0 Å². The van der Waals surface area contributed by atoms with Crippen LogP contribution in [0.1, 0.15) is 17.1 Å². The van der Waals surface area contributed by atoms with E-state index in [-0.39, 0.29) is 0 Å². The fourth-order valence-corrected chi connectivity index (χ4v) is 2.91. The SMILES string of the molecule is COCC(O)CNCc1c(C)nc2scc(C)n12. The summed E-state index contributed by atoms with van der Waals surface area (Å²) in [6, 6.07) is 0. The van der Waals surface area contributed by atoms with Crippen molar-refractivity contribution in [1.29, 1.82) is 0 Å². The van der Waals surface area contributed by atoms with Gasteiger partial charge in [-0.15, -0.1) is 11.3 Å². The third-order valence-electron chi connectivity index (χ3n) is 2.86. The Morgan fingerprint density at radius 2 is 2.33 bits per heavy atom. The zero-order valence-corrected chi connectivity index (χ0v) is 11.8. The molecule has 0 aromatic carbocycles. The Morgan fingerprint density at radius 3 is 3.06 bits per heavy atom. The first-order valence-corrected chi connectivity index (χ1v) is 6.81. The van der Waals surface area contributed by atoms with Crippen molar-refractivity contribution in [2.75, 3.05) is 20.3 Å². The molecule has 1 unspecified atom stereocenters. The Hall–Kier alpha value is -0.950. The van der Waals surface area contributed by atoms with Crippen LogP contribution in [-0.4, -0.2) is 40.9 Å². The van der Waals surface area contributed by atoms with E-state index in [9.17, 15) is 5.11 Å². The van der Waals surface area contributed by atoms with E-state index in [1.165, 1.54) is 5.69 Å². The van der Waals surface area contributed by atoms with Crippen molar-refractivity contribution in [2.24, 2.45) is 0 Å². The molecular weight excluding hydrogens is 250 g/mol. The second-order valence-corrected chi connectivity index (χ2v) is 5.22. The largest absolute Gasteiger partial charge is 0.389 e. The van der Waals surface area contributed by atoms with Gasteiger partial charge in [0.15, 0.2) is 4.96 Å². The van der Waals surface area contributed by atoms with Crippen LogP contribution in [0.15, 0.2) is 5.38 Å². The molecule has 0 saturated heterocycles. The van der Waals surface area contributed by atoms with Crippen molar-refractivity contribution in [3.63, 3.8) is 0 Å². The molecule has 0 fully saturated rings. The molecule has 0 spiro atoms. The Morgan fingerprint density at radius 1 is 1.56 bits per heavy atom. The zero-order valence-electron chi connectivity index (χ0n) is 10.9. The monoisotopic (exact) mass is 269 g/mol. The van der Waals surface area contributed by atoms with Gasteiger partial charge in [0.2, 0.25) is 0 Å². The minimum atomic E-state index is -0.470. The summed E-state index contributed by atoms with van der Waals surface area (Å²) in [6.07, 6.45) is -0.470. The van der Waals surface area contributed by atoms with Crippen molar-refractivity contribution in [2.45, 2.75) is 26.5 Å². The van der Waals surface area contributed by atoms with Gasteiger partial charge in [0, 0.05) is 31.3 Å². The van der Waals surface area contributed by atoms with E-state index < -0.39 is 6.10 Å². The van der Waals surface area contributed by atoms with Crippen molar-refractivity contribution in [3.05, 3.63) is 22.5 Å². The third-order valence-corrected chi connectivity index (χ3v) is 3.80. The molecule has 0 saturated carbocycles. The lowest BCUT2D eigenvalue weighted by Gasteiger charge is -2.11. The maximum Gasteiger partial charge on any atom is 0.194 e. The van der Waals surface area contributed by atoms with Crippen LogP contribution in [0.3, 0.4) is 0 Å². The number of rotatable bonds is 6. The van der Waals surface area contributed by atoms with Crippen molar-refractivity contribution < 1.29 is 9.84 Å². The van der Waals surface area contributed by atoms with Gasteiger partial charge in [-0.3, -0.25) is 4.40 Å². The number of hydrogen-bond acceptors (Lipinski definition) is 5. The number of thiazole rings is 1. The average Bonchev–Trinajstić information content (AvgIpc) is 2.81. The highest BCUT2D eigenvalue weighted by atomic mass is 32.1. The Balaban J connectivity index is 2.03. The van der Waals surface area contributed by atoms with E-state index in [0.29, 0.717) is 19.7 Å². The molecular formula is C12H19N3O2S. The minimum Gasteiger partial charge on any atom is -0.389 e. The number of methoxy groups -OCH3 is 1. The molecule has 18 heavy (non-hydrogen) atoms. The first-order valence-electron chi connectivity index (χ1n) is 5.93. The molecule has 0 amide bonds. The summed E-state index contributed by atoms with van der Waals surface area (Å²) in [6.45, 7) is 5.66. The lowest BCUT2D eigenvalue weighted by atomic mass is 10.3. The molecule has 1 atom stereocenters. The van der Waals surface area contributed by atoms with Crippen LogP contribution < -0.4 is 5.32 Å². The lowest BCUT2D eigenvalue weighted by Crippen LogP contribution is -2.30. The number of aromatic nitrogens is 2. The Bertz CT molecular complexity index is 521. The van der Waals surface area contributed by atoms with E-state index >= 15 is 0 Å². The van der Waals surface area contributed by atoms with Gasteiger partial charge in [-0.25, -0.2) is 4.98 Å². The highest BCUT2D eigenvalue weighted by molar-refractivity contribution is 7.15. The summed E-state index contributed by atoms with van der Waals surface area (Å²) in [5, 5.41) is 14.9. The first-order chi connectivity index (χ1) is 8.63. The van der Waals surface area contributed by atoms with E-state index in [1.807, 2.05) is 6.92 Å². The Labute approximate surface area is 110 Å². The standard InChI is InChI=1S/C12H19N3O2S/c1-8-7-18-12-14-9(2)11(15(8)12)5-13-4-10(16)6-17-3/h7,10,13,16H,4-6H2,1-3H3. The van der Waals surface area contributed by atoms with Gasteiger partial charge in [0.1, 0.15) is 0 Å². The van der Waals surface area contributed by atoms with E-state index in [2.05, 4.69) is 27.0 Å². The predicted molar refractivity (Wildman–Crippen MR) is 72.1 cm³/mol. The van der Waals surface area contributed by atoms with Gasteiger partial charge >= 0.3 is 0 Å². The number of aliphatic hydroxyl groups excluding tert-OH is 1. The number of fused-ring (bicyclic) bond motifs is 1. The number of imidazole rings is 1. The quantitative estimate of drug-likeness (QED) is 0.825. The van der Waals surface area contributed by atoms with Gasteiger partial charge in [0.25, 0.3) is 0 Å². The molecule has 0 aliphatic rings. The molecule has 0 radical (unpaired) electrons. The molecule has 0 aliphatic heterocycles. The van der Waals surface area contributed by atoms with Crippen molar-refractivity contribution in [1.82, 2.24) is 14.7 Å². The maximum absolute atomic E-state index is 9.57. The van der Waals surface area contributed by atoms with Crippen LogP contribution in [0.4, 0.5) is 0 Å². The summed E-state index contributed by atoms with van der Waals surface area (Å²) in [4.78, 5) is 5.55. The van der Waals surface area contributed by atoms with Gasteiger partial charge in [-0.1, -0.05) is 0 Å². The molecule has 2 aromatic heterocycles. The predicted octanol–water partition coefficient (Wildman–Crippen LogP) is 1.11. The minimum absolute atomic E-state index is 0.352. The second kappa shape index (κ2) is 5.79. The number of ether oxygens (including phenoxy) is 1. The Kier molecular flexibility index (Phi) is 4.34. The third kappa shape index (κ3) is 2.72. The van der Waals surface area contributed by atoms with Gasteiger partial charge < -0.3 is 15.2 Å². The first kappa shape index (κ1) is 13.5. The highest BCUT2D eigenvalue weighted by Crippen LogP contribution is 2.20. The number of aliphatic hydroxyl groups is 1. The van der Waals surface area contributed by atoms with Crippen LogP contribution >= 0.6 is 11.3 Å². The van der Waals surface area contributed by atoms with Crippen LogP contribution in [0.5, 0.6) is 0 Å². The molecule has 6 heteroatoms. The van der Waals surface area contributed by atoms with Crippen molar-refractivity contribution >= 4 is 16.3 Å². The smallest absolute Gasteiger partial charge is 0.194 e. The lowest BCUT2D eigenvalue weighted by molar-refractivity contribution is 0.0643. The van der Waals surface area contributed by atoms with Gasteiger partial charge in [0.05, 0.1) is 24.1 Å². The molecule has 5 nitrogen and oxygen atoms in total. The summed E-state index contributed by atoms with van der Waals surface area (Å²) in [5.41, 5.74) is 3.40. The summed E-state index contributed by atoms with van der Waals surface area (Å²) in [7, 11) is 1.59. The van der Waals surface area contributed by atoms with E-state index in [0.717, 1.165) is 16.3 Å². The van der Waals surface area contributed by atoms with Crippen LogP contribution in [0, 0.1) is 13.8 Å². The van der Waals surface area contributed by atoms with E-state index in [1.54, 1.807) is 18.4 Å². The summed E-state index contributed by atoms with van der Waals surface area (Å²) >= 11 is 1.65. The molecule has 0 bridgehead atoms. The van der Waals surface area contributed by atoms with E-state index in [4.69, 9.17) is 4.74 Å². The topological polar surface area (TPSA) is 58.8 Å². The zero-order chi connectivity index (χ0) is 13.1. The number of nitrogens with zero attached hydrogens (tertiary/aromatic N) is 2. The van der Waals surface area contributed by atoms with Gasteiger partial charge in [-0.05, 0) is 13.8 Å². The molecule has 100 valence electrons. The highest BCUT2D eigenvalue weighted by Gasteiger charge is 2.12. The fraction of sp³-hybridized carbons (Fsp3) is 0.583. The maximum atomic E-state index is 9.57.